The van der Waals surface area contributed by atoms with E-state index in [4.69, 9.17) is 0 Å². The number of aromatic hydroxyl groups is 1. The van der Waals surface area contributed by atoms with E-state index in [-0.39, 0.29) is 11.4 Å². The molecule has 8 heteroatoms. The zero-order valence-corrected chi connectivity index (χ0v) is 17.0. The Morgan fingerprint density at radius 2 is 2.04 bits per heavy atom. The fraction of sp³-hybridized carbons (Fsp3) is 0.350. The Morgan fingerprint density at radius 3 is 2.75 bits per heavy atom. The molecule has 0 unspecified atom stereocenters. The van der Waals surface area contributed by atoms with Crippen LogP contribution in [-0.2, 0) is 13.0 Å². The lowest BCUT2D eigenvalue weighted by molar-refractivity contribution is 0.101. The molecule has 1 amide bonds. The number of carbonyl (C=O) groups excluding carboxylic acids is 1. The van der Waals surface area contributed by atoms with Crippen LogP contribution < -0.4 is 5.32 Å². The van der Waals surface area contributed by atoms with E-state index >= 15 is 0 Å². The fourth-order valence-corrected chi connectivity index (χ4v) is 4.29. The minimum atomic E-state index is -0.463. The van der Waals surface area contributed by atoms with E-state index in [1.165, 1.54) is 32.7 Å². The second-order valence-electron chi connectivity index (χ2n) is 7.38. The van der Waals surface area contributed by atoms with Crippen molar-refractivity contribution in [2.24, 2.45) is 0 Å². The van der Waals surface area contributed by atoms with Crippen molar-refractivity contribution in [2.75, 3.05) is 18.9 Å². The van der Waals surface area contributed by atoms with Gasteiger partial charge in [0.05, 0.1) is 17.6 Å². The molecule has 2 aromatic heterocycles. The van der Waals surface area contributed by atoms with Crippen molar-refractivity contribution in [3.8, 4) is 11.4 Å². The smallest absolute Gasteiger partial charge is 0.281 e. The number of hydrogen-bond donors (Lipinski definition) is 2. The molecule has 0 saturated heterocycles. The average Bonchev–Trinajstić information content (AvgIpc) is 3.24. The number of hydrogen-bond acceptors (Lipinski definition) is 6. The highest BCUT2D eigenvalue weighted by Gasteiger charge is 2.22. The third-order valence-corrected chi connectivity index (χ3v) is 5.87. The van der Waals surface area contributed by atoms with Crippen molar-refractivity contribution in [1.82, 2.24) is 19.7 Å². The molecule has 3 aromatic rings. The zero-order valence-electron chi connectivity index (χ0n) is 16.1. The molecular formula is C20H23N5O2S. The topological polar surface area (TPSA) is 83.3 Å². The molecule has 0 bridgehead atoms. The Balaban J connectivity index is 1.52. The Kier molecular flexibility index (Phi) is 4.91. The van der Waals surface area contributed by atoms with Gasteiger partial charge in [-0.2, -0.15) is 5.10 Å². The minimum Gasteiger partial charge on any atom is -0.504 e. The monoisotopic (exact) mass is 397 g/mol. The molecule has 3 heterocycles. The van der Waals surface area contributed by atoms with Crippen LogP contribution in [0.1, 0.15) is 46.4 Å². The van der Waals surface area contributed by atoms with E-state index in [0.29, 0.717) is 11.0 Å². The molecule has 146 valence electrons. The molecule has 0 saturated carbocycles. The van der Waals surface area contributed by atoms with Crippen LogP contribution in [0.4, 0.5) is 5.13 Å². The summed E-state index contributed by atoms with van der Waals surface area (Å²) in [6, 6.07) is 7.90. The summed E-state index contributed by atoms with van der Waals surface area (Å²) in [5, 5.41) is 17.8. The molecule has 0 radical (unpaired) electrons. The Labute approximate surface area is 167 Å². The number of fused-ring (bicyclic) bond motifs is 1. The van der Waals surface area contributed by atoms with Gasteiger partial charge in [-0.15, -0.1) is 11.3 Å². The van der Waals surface area contributed by atoms with Gasteiger partial charge in [-0.1, -0.05) is 26.0 Å². The number of nitrogens with one attached hydrogen (secondary N) is 1. The highest BCUT2D eigenvalue weighted by Crippen LogP contribution is 2.28. The Morgan fingerprint density at radius 1 is 1.29 bits per heavy atom. The highest BCUT2D eigenvalue weighted by atomic mass is 32.1. The molecule has 1 aromatic carbocycles. The van der Waals surface area contributed by atoms with Crippen LogP contribution in [0.25, 0.3) is 5.69 Å². The van der Waals surface area contributed by atoms with E-state index in [1.54, 1.807) is 0 Å². The van der Waals surface area contributed by atoms with Gasteiger partial charge in [0.25, 0.3) is 5.91 Å². The van der Waals surface area contributed by atoms with Crippen molar-refractivity contribution in [3.05, 3.63) is 52.3 Å². The number of benzene rings is 1. The first kappa shape index (κ1) is 18.6. The van der Waals surface area contributed by atoms with Gasteiger partial charge in [0.1, 0.15) is 0 Å². The van der Waals surface area contributed by atoms with E-state index < -0.39 is 5.91 Å². The van der Waals surface area contributed by atoms with Crippen molar-refractivity contribution >= 4 is 22.4 Å². The average molecular weight is 398 g/mol. The van der Waals surface area contributed by atoms with Crippen molar-refractivity contribution in [2.45, 2.75) is 32.7 Å². The van der Waals surface area contributed by atoms with Gasteiger partial charge in [0.15, 0.2) is 16.6 Å². The van der Waals surface area contributed by atoms with Gasteiger partial charge in [-0.3, -0.25) is 10.1 Å². The summed E-state index contributed by atoms with van der Waals surface area (Å²) >= 11 is 1.47. The summed E-state index contributed by atoms with van der Waals surface area (Å²) in [5.74, 6) is -0.189. The first-order chi connectivity index (χ1) is 13.4. The lowest BCUT2D eigenvalue weighted by Crippen LogP contribution is -2.25. The number of thiazole rings is 1. The number of likely N-dealkylation sites (N-methyl/N-ethyl adjacent to an activating group) is 1. The minimum absolute atomic E-state index is 0.0155. The molecule has 0 atom stereocenters. The van der Waals surface area contributed by atoms with E-state index in [1.807, 2.05) is 24.3 Å². The maximum atomic E-state index is 12.6. The van der Waals surface area contributed by atoms with Gasteiger partial charge >= 0.3 is 0 Å². The van der Waals surface area contributed by atoms with Crippen LogP contribution in [0.5, 0.6) is 5.75 Å². The Bertz CT molecular complexity index is 1010. The quantitative estimate of drug-likeness (QED) is 0.705. The summed E-state index contributed by atoms with van der Waals surface area (Å²) in [4.78, 5) is 20.5. The van der Waals surface area contributed by atoms with Crippen molar-refractivity contribution in [3.63, 3.8) is 0 Å². The van der Waals surface area contributed by atoms with Crippen LogP contribution in [0, 0.1) is 0 Å². The number of amides is 1. The second kappa shape index (κ2) is 7.37. The molecule has 0 aliphatic carbocycles. The molecule has 0 spiro atoms. The second-order valence-corrected chi connectivity index (χ2v) is 8.47. The third-order valence-electron chi connectivity index (χ3n) is 4.88. The van der Waals surface area contributed by atoms with E-state index in [9.17, 15) is 9.90 Å². The predicted octanol–water partition coefficient (Wildman–Crippen LogP) is 3.40. The number of nitrogens with zero attached hydrogens (tertiary/aromatic N) is 4. The lowest BCUT2D eigenvalue weighted by atomic mass is 10.0. The molecule has 0 fully saturated rings. The summed E-state index contributed by atoms with van der Waals surface area (Å²) in [6.45, 7) is 6.07. The fourth-order valence-electron chi connectivity index (χ4n) is 3.20. The molecule has 4 rings (SSSR count). The SMILES string of the molecule is CC(C)c1ccc(-n2cc(O)c(C(=O)Nc3nc4c(s3)CN(C)CC4)n2)cc1. The summed E-state index contributed by atoms with van der Waals surface area (Å²) in [5.41, 5.74) is 3.03. The molecule has 28 heavy (non-hydrogen) atoms. The standard InChI is InChI=1S/C20H23N5O2S/c1-12(2)13-4-6-14(7-5-13)25-10-16(26)18(23-25)19(27)22-20-21-15-8-9-24(3)11-17(15)28-20/h4-7,10,12,26H,8-9,11H2,1-3H3,(H,21,22,27). The third kappa shape index (κ3) is 3.65. The van der Waals surface area contributed by atoms with Crippen LogP contribution in [0.15, 0.2) is 30.5 Å². The van der Waals surface area contributed by atoms with Crippen molar-refractivity contribution in [1.29, 1.82) is 0 Å². The number of rotatable bonds is 4. The Hall–Kier alpha value is -2.71. The van der Waals surface area contributed by atoms with Gasteiger partial charge in [0, 0.05) is 24.4 Å². The van der Waals surface area contributed by atoms with Gasteiger partial charge in [-0.05, 0) is 30.7 Å². The van der Waals surface area contributed by atoms with Gasteiger partial charge in [-0.25, -0.2) is 9.67 Å². The first-order valence-corrected chi connectivity index (χ1v) is 10.1. The molecule has 7 nitrogen and oxygen atoms in total. The van der Waals surface area contributed by atoms with Gasteiger partial charge < -0.3 is 10.0 Å². The molecule has 1 aliphatic heterocycles. The first-order valence-electron chi connectivity index (χ1n) is 9.28. The van der Waals surface area contributed by atoms with Crippen LogP contribution in [-0.4, -0.2) is 44.3 Å². The molecule has 1 aliphatic rings. The number of carbonyl (C=O) groups is 1. The number of anilines is 1. The number of aromatic nitrogens is 3. The largest absolute Gasteiger partial charge is 0.504 e. The highest BCUT2D eigenvalue weighted by molar-refractivity contribution is 7.15. The normalized spacial score (nSPS) is 14.3. The van der Waals surface area contributed by atoms with Crippen LogP contribution in [0.2, 0.25) is 0 Å². The summed E-state index contributed by atoms with van der Waals surface area (Å²) in [6.07, 6.45) is 2.32. The molecule has 2 N–H and O–H groups in total. The molecular weight excluding hydrogens is 374 g/mol. The summed E-state index contributed by atoms with van der Waals surface area (Å²) < 4.78 is 1.51. The predicted molar refractivity (Wildman–Crippen MR) is 109 cm³/mol. The van der Waals surface area contributed by atoms with E-state index in [0.717, 1.165) is 30.9 Å². The zero-order chi connectivity index (χ0) is 19.8. The van der Waals surface area contributed by atoms with Crippen LogP contribution in [0.3, 0.4) is 0 Å². The lowest BCUT2D eigenvalue weighted by Gasteiger charge is -2.20. The van der Waals surface area contributed by atoms with Crippen molar-refractivity contribution < 1.29 is 9.90 Å². The van der Waals surface area contributed by atoms with E-state index in [2.05, 4.69) is 41.2 Å². The maximum Gasteiger partial charge on any atom is 0.281 e. The maximum absolute atomic E-state index is 12.6. The van der Waals surface area contributed by atoms with Crippen LogP contribution >= 0.6 is 11.3 Å². The van der Waals surface area contributed by atoms with Gasteiger partial charge in [0.2, 0.25) is 0 Å². The summed E-state index contributed by atoms with van der Waals surface area (Å²) in [7, 11) is 2.07.